The maximum atomic E-state index is 12.1. The first-order valence-corrected chi connectivity index (χ1v) is 9.22. The van der Waals surface area contributed by atoms with Gasteiger partial charge in [-0.3, -0.25) is 14.4 Å². The largest absolute Gasteiger partial charge is 0.483 e. The number of carbonyl (C=O) groups is 3. The number of benzene rings is 1. The smallest absolute Gasteiger partial charge is 0.329 e. The molecule has 2 rings (SSSR count). The van der Waals surface area contributed by atoms with E-state index in [1.165, 1.54) is 6.21 Å². The summed E-state index contributed by atoms with van der Waals surface area (Å²) in [5.41, 5.74) is 2.78. The number of ether oxygens (including phenoxy) is 1. The van der Waals surface area contributed by atoms with E-state index in [2.05, 4.69) is 15.8 Å². The highest BCUT2D eigenvalue weighted by Crippen LogP contribution is 2.16. The molecule has 146 valence electrons. The van der Waals surface area contributed by atoms with Crippen molar-refractivity contribution in [3.8, 4) is 5.75 Å². The second-order valence-corrected chi connectivity index (χ2v) is 6.22. The number of hydrazone groups is 1. The highest BCUT2D eigenvalue weighted by atomic mass is 16.5. The Balaban J connectivity index is 1.85. The number of nitrogens with zero attached hydrogens (tertiary/aromatic N) is 2. The highest BCUT2D eigenvalue weighted by molar-refractivity contribution is 6.35. The molecule has 1 heterocycles. The molecule has 2 N–H and O–H groups in total. The van der Waals surface area contributed by atoms with Crippen LogP contribution in [0.4, 0.5) is 0 Å². The van der Waals surface area contributed by atoms with Crippen LogP contribution in [0.2, 0.25) is 0 Å². The number of amides is 3. The molecule has 1 fully saturated rings. The van der Waals surface area contributed by atoms with Gasteiger partial charge in [0.1, 0.15) is 5.75 Å². The molecule has 27 heavy (non-hydrogen) atoms. The minimum atomic E-state index is -0.829. The van der Waals surface area contributed by atoms with E-state index in [0.717, 1.165) is 38.8 Å². The fraction of sp³-hybridized carbons (Fsp3) is 0.474. The van der Waals surface area contributed by atoms with E-state index in [1.807, 2.05) is 6.92 Å². The summed E-state index contributed by atoms with van der Waals surface area (Å²) < 4.78 is 5.61. The Bertz CT molecular complexity index is 684. The van der Waals surface area contributed by atoms with Gasteiger partial charge in [-0.2, -0.15) is 5.10 Å². The summed E-state index contributed by atoms with van der Waals surface area (Å²) in [5.74, 6) is -1.11. The van der Waals surface area contributed by atoms with Gasteiger partial charge in [0.05, 0.1) is 6.21 Å². The molecule has 1 aromatic rings. The third kappa shape index (κ3) is 6.73. The molecule has 3 amide bonds. The third-order valence-corrected chi connectivity index (χ3v) is 4.12. The van der Waals surface area contributed by atoms with Crippen LogP contribution < -0.4 is 15.5 Å². The number of unbranched alkanes of at least 4 members (excludes halogenated alkanes) is 1. The van der Waals surface area contributed by atoms with Crippen LogP contribution in [0, 0.1) is 0 Å². The molecular formula is C19H26N4O4. The summed E-state index contributed by atoms with van der Waals surface area (Å²) in [6.45, 7) is 3.95. The number of para-hydroxylation sites is 1. The summed E-state index contributed by atoms with van der Waals surface area (Å²) in [6.07, 6.45) is 5.18. The lowest BCUT2D eigenvalue weighted by Crippen LogP contribution is -2.38. The molecule has 1 aromatic carbocycles. The van der Waals surface area contributed by atoms with E-state index >= 15 is 0 Å². The van der Waals surface area contributed by atoms with E-state index < -0.39 is 11.8 Å². The van der Waals surface area contributed by atoms with E-state index in [1.54, 1.807) is 29.2 Å². The second kappa shape index (κ2) is 10.9. The fourth-order valence-corrected chi connectivity index (χ4v) is 2.59. The summed E-state index contributed by atoms with van der Waals surface area (Å²) >= 11 is 0. The summed E-state index contributed by atoms with van der Waals surface area (Å²) in [4.78, 5) is 37.1. The monoisotopic (exact) mass is 374 g/mol. The molecule has 8 nitrogen and oxygen atoms in total. The van der Waals surface area contributed by atoms with Crippen molar-refractivity contribution >= 4 is 23.9 Å². The van der Waals surface area contributed by atoms with Gasteiger partial charge in [-0.05, 0) is 31.4 Å². The maximum absolute atomic E-state index is 12.1. The number of hydrogen-bond donors (Lipinski definition) is 2. The van der Waals surface area contributed by atoms with E-state index in [9.17, 15) is 14.4 Å². The number of carbonyl (C=O) groups excluding carboxylic acids is 3. The molecule has 1 aliphatic heterocycles. The van der Waals surface area contributed by atoms with Crippen LogP contribution in [0.5, 0.6) is 5.75 Å². The molecular weight excluding hydrogens is 348 g/mol. The van der Waals surface area contributed by atoms with Crippen molar-refractivity contribution in [2.75, 3.05) is 26.2 Å². The minimum absolute atomic E-state index is 0.0446. The predicted octanol–water partition coefficient (Wildman–Crippen LogP) is 1.05. The lowest BCUT2D eigenvalue weighted by atomic mass is 10.2. The Morgan fingerprint density at radius 3 is 2.67 bits per heavy atom. The van der Waals surface area contributed by atoms with Crippen LogP contribution >= 0.6 is 0 Å². The van der Waals surface area contributed by atoms with E-state index in [0.29, 0.717) is 17.9 Å². The van der Waals surface area contributed by atoms with Crippen LogP contribution in [0.25, 0.3) is 0 Å². The number of likely N-dealkylation sites (tertiary alicyclic amines) is 1. The van der Waals surface area contributed by atoms with Gasteiger partial charge in [0.25, 0.3) is 5.91 Å². The van der Waals surface area contributed by atoms with Crippen molar-refractivity contribution in [2.45, 2.75) is 32.6 Å². The molecule has 0 radical (unpaired) electrons. The van der Waals surface area contributed by atoms with Crippen molar-refractivity contribution < 1.29 is 19.1 Å². The average molecular weight is 374 g/mol. The van der Waals surface area contributed by atoms with Gasteiger partial charge in [0.2, 0.25) is 0 Å². The van der Waals surface area contributed by atoms with E-state index in [4.69, 9.17) is 4.74 Å². The molecule has 1 aliphatic rings. The molecule has 0 unspecified atom stereocenters. The van der Waals surface area contributed by atoms with Crippen LogP contribution in [-0.4, -0.2) is 55.1 Å². The summed E-state index contributed by atoms with van der Waals surface area (Å²) in [7, 11) is 0. The first-order chi connectivity index (χ1) is 13.1. The first-order valence-electron chi connectivity index (χ1n) is 9.22. The SMILES string of the molecule is CCCCNC(=O)C(=O)N/N=C\c1ccccc1OCC(=O)N1CCCC1. The lowest BCUT2D eigenvalue weighted by molar-refractivity contribution is -0.139. The first kappa shape index (κ1) is 20.4. The van der Waals surface area contributed by atoms with Crippen molar-refractivity contribution in [3.63, 3.8) is 0 Å². The fourth-order valence-electron chi connectivity index (χ4n) is 2.59. The second-order valence-electron chi connectivity index (χ2n) is 6.22. The van der Waals surface area contributed by atoms with Crippen molar-refractivity contribution in [1.82, 2.24) is 15.6 Å². The van der Waals surface area contributed by atoms with E-state index in [-0.39, 0.29) is 12.5 Å². The standard InChI is InChI=1S/C19H26N4O4/c1-2-3-10-20-18(25)19(26)22-21-13-15-8-4-5-9-16(15)27-14-17(24)23-11-6-7-12-23/h4-5,8-9,13H,2-3,6-7,10-12,14H2,1H3,(H,20,25)(H,22,26)/b21-13-. The van der Waals surface area contributed by atoms with Crippen LogP contribution in [0.1, 0.15) is 38.2 Å². The van der Waals surface area contributed by atoms with Gasteiger partial charge in [0, 0.05) is 25.2 Å². The number of hydrogen-bond acceptors (Lipinski definition) is 5. The van der Waals surface area contributed by atoms with Crippen molar-refractivity contribution in [2.24, 2.45) is 5.10 Å². The molecule has 0 aromatic heterocycles. The van der Waals surface area contributed by atoms with Gasteiger partial charge in [-0.1, -0.05) is 25.5 Å². The molecule has 0 spiro atoms. The topological polar surface area (TPSA) is 100 Å². The Labute approximate surface area is 158 Å². The number of rotatable bonds is 8. The zero-order valence-corrected chi connectivity index (χ0v) is 15.6. The quantitative estimate of drug-likeness (QED) is 0.307. The molecule has 0 aliphatic carbocycles. The zero-order valence-electron chi connectivity index (χ0n) is 15.6. The van der Waals surface area contributed by atoms with Crippen LogP contribution in [0.3, 0.4) is 0 Å². The molecule has 1 saturated heterocycles. The molecule has 0 saturated carbocycles. The molecule has 8 heteroatoms. The van der Waals surface area contributed by atoms with Crippen LogP contribution in [-0.2, 0) is 14.4 Å². The van der Waals surface area contributed by atoms with Gasteiger partial charge in [-0.15, -0.1) is 0 Å². The molecule has 0 bridgehead atoms. The third-order valence-electron chi connectivity index (χ3n) is 4.12. The molecule has 0 atom stereocenters. The number of nitrogens with one attached hydrogen (secondary N) is 2. The van der Waals surface area contributed by atoms with Gasteiger partial charge in [-0.25, -0.2) is 5.43 Å². The van der Waals surface area contributed by atoms with Crippen molar-refractivity contribution in [1.29, 1.82) is 0 Å². The highest BCUT2D eigenvalue weighted by Gasteiger charge is 2.18. The summed E-state index contributed by atoms with van der Waals surface area (Å²) in [6, 6.07) is 7.03. The maximum Gasteiger partial charge on any atom is 0.329 e. The predicted molar refractivity (Wildman–Crippen MR) is 101 cm³/mol. The van der Waals surface area contributed by atoms with Crippen LogP contribution in [0.15, 0.2) is 29.4 Å². The zero-order chi connectivity index (χ0) is 19.5. The van der Waals surface area contributed by atoms with Gasteiger partial charge >= 0.3 is 11.8 Å². The minimum Gasteiger partial charge on any atom is -0.483 e. The Kier molecular flexibility index (Phi) is 8.28. The normalized spacial score (nSPS) is 13.6. The Hall–Kier alpha value is -2.90. The van der Waals surface area contributed by atoms with Crippen molar-refractivity contribution in [3.05, 3.63) is 29.8 Å². The average Bonchev–Trinajstić information content (AvgIpc) is 3.22. The Morgan fingerprint density at radius 1 is 1.19 bits per heavy atom. The van der Waals surface area contributed by atoms with Gasteiger partial charge < -0.3 is 15.0 Å². The lowest BCUT2D eigenvalue weighted by Gasteiger charge is -2.16. The summed E-state index contributed by atoms with van der Waals surface area (Å²) in [5, 5.41) is 6.31. The van der Waals surface area contributed by atoms with Gasteiger partial charge in [0.15, 0.2) is 6.61 Å². The Morgan fingerprint density at radius 2 is 1.93 bits per heavy atom.